The smallest absolute Gasteiger partial charge is 0.225 e. The first kappa shape index (κ1) is 26.0. The first-order valence-electron chi connectivity index (χ1n) is 13.7. The molecule has 2 fully saturated rings. The van der Waals surface area contributed by atoms with Gasteiger partial charge in [0.1, 0.15) is 5.69 Å². The van der Waals surface area contributed by atoms with Gasteiger partial charge in [-0.2, -0.15) is 0 Å². The number of amides is 2. The van der Waals surface area contributed by atoms with Crippen LogP contribution in [-0.4, -0.2) is 40.0 Å². The fourth-order valence-corrected chi connectivity index (χ4v) is 5.76. The zero-order valence-corrected chi connectivity index (χ0v) is 22.3. The van der Waals surface area contributed by atoms with Gasteiger partial charge in [0.2, 0.25) is 11.8 Å². The molecule has 3 aromatic rings. The van der Waals surface area contributed by atoms with Crippen molar-refractivity contribution in [3.05, 3.63) is 66.2 Å². The van der Waals surface area contributed by atoms with E-state index < -0.39 is 0 Å². The van der Waals surface area contributed by atoms with Gasteiger partial charge in [0.05, 0.1) is 0 Å². The van der Waals surface area contributed by atoms with E-state index in [9.17, 15) is 9.59 Å². The Morgan fingerprint density at radius 1 is 0.974 bits per heavy atom. The maximum Gasteiger partial charge on any atom is 0.225 e. The first-order valence-corrected chi connectivity index (χ1v) is 13.7. The van der Waals surface area contributed by atoms with Gasteiger partial charge in [0.25, 0.3) is 0 Å². The SMILES string of the molecule is CC(=O)N(C)[C@H]1CC[C@H](CC(=O)Nc2cc(-c3ccccc3)c(-c3ccc(C4(N)CCC4)cc3)nn2)CC1. The summed E-state index contributed by atoms with van der Waals surface area (Å²) in [5.74, 6) is 0.814. The molecule has 2 aliphatic rings. The molecule has 0 unspecified atom stereocenters. The van der Waals surface area contributed by atoms with E-state index >= 15 is 0 Å². The summed E-state index contributed by atoms with van der Waals surface area (Å²) in [6.45, 7) is 1.61. The lowest BCUT2D eigenvalue weighted by Gasteiger charge is -2.38. The third kappa shape index (κ3) is 5.63. The number of carbonyl (C=O) groups is 2. The highest BCUT2D eigenvalue weighted by molar-refractivity contribution is 5.91. The van der Waals surface area contributed by atoms with Crippen molar-refractivity contribution < 1.29 is 9.59 Å². The van der Waals surface area contributed by atoms with E-state index in [2.05, 4.69) is 39.8 Å². The van der Waals surface area contributed by atoms with E-state index in [4.69, 9.17) is 5.73 Å². The van der Waals surface area contributed by atoms with Crippen molar-refractivity contribution in [1.82, 2.24) is 15.1 Å². The third-order valence-corrected chi connectivity index (χ3v) is 8.46. The van der Waals surface area contributed by atoms with Gasteiger partial charge in [0, 0.05) is 43.1 Å². The first-order chi connectivity index (χ1) is 18.3. The highest BCUT2D eigenvalue weighted by atomic mass is 16.2. The number of hydrogen-bond donors (Lipinski definition) is 2. The molecule has 3 N–H and O–H groups in total. The van der Waals surface area contributed by atoms with Crippen LogP contribution < -0.4 is 11.1 Å². The minimum atomic E-state index is -0.205. The third-order valence-electron chi connectivity index (χ3n) is 8.46. The fraction of sp³-hybridized carbons (Fsp3) is 0.419. The summed E-state index contributed by atoms with van der Waals surface area (Å²) >= 11 is 0. The number of anilines is 1. The zero-order chi connectivity index (χ0) is 26.7. The van der Waals surface area contributed by atoms with Gasteiger partial charge in [0.15, 0.2) is 5.82 Å². The van der Waals surface area contributed by atoms with E-state index in [-0.39, 0.29) is 23.4 Å². The Bertz CT molecular complexity index is 1280. The molecule has 1 aromatic heterocycles. The molecule has 198 valence electrons. The molecular weight excluding hydrogens is 474 g/mol. The van der Waals surface area contributed by atoms with E-state index in [1.54, 1.807) is 6.92 Å². The minimum absolute atomic E-state index is 0.0486. The highest BCUT2D eigenvalue weighted by Gasteiger charge is 2.34. The Morgan fingerprint density at radius 3 is 2.26 bits per heavy atom. The lowest BCUT2D eigenvalue weighted by molar-refractivity contribution is -0.130. The topological polar surface area (TPSA) is 101 Å². The van der Waals surface area contributed by atoms with Crippen LogP contribution in [-0.2, 0) is 15.1 Å². The highest BCUT2D eigenvalue weighted by Crippen LogP contribution is 2.40. The van der Waals surface area contributed by atoms with Gasteiger partial charge in [-0.3, -0.25) is 9.59 Å². The van der Waals surface area contributed by atoms with E-state index in [1.807, 2.05) is 48.3 Å². The van der Waals surface area contributed by atoms with Crippen molar-refractivity contribution in [2.75, 3.05) is 12.4 Å². The number of rotatable bonds is 7. The Balaban J connectivity index is 1.30. The summed E-state index contributed by atoms with van der Waals surface area (Å²) in [6, 6.07) is 20.6. The molecule has 7 heteroatoms. The average Bonchev–Trinajstić information content (AvgIpc) is 2.92. The predicted octanol–water partition coefficient (Wildman–Crippen LogP) is 5.51. The Morgan fingerprint density at radius 2 is 1.66 bits per heavy atom. The summed E-state index contributed by atoms with van der Waals surface area (Å²) in [5.41, 5.74) is 11.1. The molecule has 38 heavy (non-hydrogen) atoms. The predicted molar refractivity (Wildman–Crippen MR) is 150 cm³/mol. The lowest BCUT2D eigenvalue weighted by Crippen LogP contribution is -2.43. The number of nitrogens with two attached hydrogens (primary N) is 1. The van der Waals surface area contributed by atoms with Crippen molar-refractivity contribution in [3.8, 4) is 22.4 Å². The van der Waals surface area contributed by atoms with Crippen LogP contribution in [0.15, 0.2) is 60.7 Å². The van der Waals surface area contributed by atoms with Crippen molar-refractivity contribution in [3.63, 3.8) is 0 Å². The number of carbonyl (C=O) groups excluding carboxylic acids is 2. The Hall–Kier alpha value is -3.58. The molecule has 0 spiro atoms. The molecule has 0 saturated heterocycles. The van der Waals surface area contributed by atoms with Gasteiger partial charge >= 0.3 is 0 Å². The second kappa shape index (κ2) is 11.0. The molecule has 5 rings (SSSR count). The van der Waals surface area contributed by atoms with E-state index in [0.29, 0.717) is 18.2 Å². The molecular formula is C31H37N5O2. The summed E-state index contributed by atoms with van der Waals surface area (Å²) in [6.07, 6.45) is 7.41. The fourth-order valence-electron chi connectivity index (χ4n) is 5.76. The van der Waals surface area contributed by atoms with Crippen LogP contribution >= 0.6 is 0 Å². The molecule has 2 saturated carbocycles. The standard InChI is InChI=1S/C31H37N5O2/c1-21(37)36(2)26-15-9-22(10-16-26)19-29(38)33-28-20-27(23-7-4-3-5-8-23)30(35-34-28)24-11-13-25(14-12-24)31(32)17-6-18-31/h3-5,7-8,11-14,20,22,26H,6,9-10,15-19,32H2,1-2H3,(H,33,34,38)/t22-,26-. The van der Waals surface area contributed by atoms with E-state index in [1.165, 1.54) is 6.42 Å². The van der Waals surface area contributed by atoms with Crippen molar-refractivity contribution >= 4 is 17.6 Å². The van der Waals surface area contributed by atoms with Crippen LogP contribution in [0, 0.1) is 5.92 Å². The molecule has 2 aromatic carbocycles. The molecule has 0 atom stereocenters. The van der Waals surface area contributed by atoms with Crippen molar-refractivity contribution in [1.29, 1.82) is 0 Å². The largest absolute Gasteiger partial charge is 0.343 e. The number of aromatic nitrogens is 2. The average molecular weight is 512 g/mol. The summed E-state index contributed by atoms with van der Waals surface area (Å²) in [7, 11) is 1.87. The normalized spacial score (nSPS) is 20.3. The number of benzene rings is 2. The Kier molecular flexibility index (Phi) is 7.56. The van der Waals surface area contributed by atoms with Crippen LogP contribution in [0.3, 0.4) is 0 Å². The molecule has 0 bridgehead atoms. The second-order valence-electron chi connectivity index (χ2n) is 11.0. The Labute approximate surface area is 224 Å². The maximum absolute atomic E-state index is 12.9. The number of nitrogens with one attached hydrogen (secondary N) is 1. The lowest BCUT2D eigenvalue weighted by atomic mass is 9.72. The van der Waals surface area contributed by atoms with Crippen molar-refractivity contribution in [2.45, 2.75) is 69.9 Å². The van der Waals surface area contributed by atoms with Crippen LogP contribution in [0.4, 0.5) is 5.82 Å². The van der Waals surface area contributed by atoms with E-state index in [0.717, 1.165) is 66.5 Å². The van der Waals surface area contributed by atoms with Crippen LogP contribution in [0.1, 0.15) is 63.9 Å². The summed E-state index contributed by atoms with van der Waals surface area (Å²) in [5, 5.41) is 11.9. The molecule has 2 aliphatic carbocycles. The molecule has 2 amide bonds. The molecule has 7 nitrogen and oxygen atoms in total. The van der Waals surface area contributed by atoms with Gasteiger partial charge in [-0.15, -0.1) is 10.2 Å². The minimum Gasteiger partial charge on any atom is -0.343 e. The summed E-state index contributed by atoms with van der Waals surface area (Å²) < 4.78 is 0. The molecule has 0 radical (unpaired) electrons. The zero-order valence-electron chi connectivity index (χ0n) is 22.3. The monoisotopic (exact) mass is 511 g/mol. The maximum atomic E-state index is 12.9. The number of nitrogens with zero attached hydrogens (tertiary/aromatic N) is 3. The van der Waals surface area contributed by atoms with Gasteiger partial charge in [-0.05, 0) is 68.1 Å². The number of hydrogen-bond acceptors (Lipinski definition) is 5. The second-order valence-corrected chi connectivity index (χ2v) is 11.0. The van der Waals surface area contributed by atoms with Gasteiger partial charge < -0.3 is 16.0 Å². The quantitative estimate of drug-likeness (QED) is 0.435. The van der Waals surface area contributed by atoms with Gasteiger partial charge in [-0.25, -0.2) is 0 Å². The van der Waals surface area contributed by atoms with Crippen molar-refractivity contribution in [2.24, 2.45) is 11.7 Å². The van der Waals surface area contributed by atoms with Crippen LogP contribution in [0.25, 0.3) is 22.4 Å². The summed E-state index contributed by atoms with van der Waals surface area (Å²) in [4.78, 5) is 26.4. The molecule has 0 aliphatic heterocycles. The van der Waals surface area contributed by atoms with Crippen LogP contribution in [0.2, 0.25) is 0 Å². The molecule has 1 heterocycles. The van der Waals surface area contributed by atoms with Gasteiger partial charge in [-0.1, -0.05) is 54.6 Å². The van der Waals surface area contributed by atoms with Crippen LogP contribution in [0.5, 0.6) is 0 Å².